The molecule has 0 saturated heterocycles. The van der Waals surface area contributed by atoms with E-state index < -0.39 is 6.10 Å². The maximum Gasteiger partial charge on any atom is 0.128 e. The summed E-state index contributed by atoms with van der Waals surface area (Å²) in [5.41, 5.74) is 2.12. The minimum absolute atomic E-state index is 0.396. The van der Waals surface area contributed by atoms with Crippen molar-refractivity contribution >= 4 is 21.5 Å². The molecule has 1 atom stereocenters. The van der Waals surface area contributed by atoms with Gasteiger partial charge in [-0.3, -0.25) is 4.68 Å². The Morgan fingerprint density at radius 2 is 2.50 bits per heavy atom. The largest absolute Gasteiger partial charge is 0.388 e. The third-order valence-electron chi connectivity index (χ3n) is 2.24. The molecule has 4 nitrogen and oxygen atoms in total. The first-order valence-corrected chi connectivity index (χ1v) is 5.25. The number of rotatable bonds is 1. The quantitative estimate of drug-likeness (QED) is 0.772. The van der Waals surface area contributed by atoms with Crippen LogP contribution in [0.15, 0.2) is 16.7 Å². The Morgan fingerprint density at radius 1 is 1.71 bits per heavy atom. The number of aromatic nitrogens is 2. The lowest BCUT2D eigenvalue weighted by Crippen LogP contribution is -2.32. The third-order valence-corrected chi connectivity index (χ3v) is 2.63. The van der Waals surface area contributed by atoms with Gasteiger partial charge in [-0.25, -0.2) is 0 Å². The molecule has 0 saturated carbocycles. The molecular formula is C9H12BrN3O. The maximum absolute atomic E-state index is 9.46. The number of aliphatic hydroxyl groups is 1. The summed E-state index contributed by atoms with van der Waals surface area (Å²) in [4.78, 5) is 0. The Labute approximate surface area is 90.7 Å². The van der Waals surface area contributed by atoms with Crippen molar-refractivity contribution in [2.75, 3.05) is 13.1 Å². The minimum atomic E-state index is -0.396. The van der Waals surface area contributed by atoms with Crippen molar-refractivity contribution in [2.45, 2.75) is 6.10 Å². The Hall–Kier alpha value is -0.650. The number of aryl methyl sites for hydroxylation is 1. The summed E-state index contributed by atoms with van der Waals surface area (Å²) < 4.78 is 2.62. The summed E-state index contributed by atoms with van der Waals surface area (Å²) in [5, 5.41) is 16.8. The van der Waals surface area contributed by atoms with Gasteiger partial charge in [0.05, 0.1) is 11.8 Å². The average molecular weight is 258 g/mol. The first-order valence-electron chi connectivity index (χ1n) is 4.46. The number of aliphatic hydroxyl groups excluding tert-OH is 1. The van der Waals surface area contributed by atoms with Gasteiger partial charge in [-0.1, -0.05) is 0 Å². The van der Waals surface area contributed by atoms with Crippen molar-refractivity contribution in [3.8, 4) is 0 Å². The van der Waals surface area contributed by atoms with Crippen LogP contribution in [0.2, 0.25) is 0 Å². The molecule has 5 heteroatoms. The number of β-amino-alcohol motifs (C(OH)–C–C–N with tert-alkyl or cyclic N) is 1. The van der Waals surface area contributed by atoms with Crippen LogP contribution in [0, 0.1) is 0 Å². The van der Waals surface area contributed by atoms with Gasteiger partial charge >= 0.3 is 0 Å². The van der Waals surface area contributed by atoms with Crippen molar-refractivity contribution in [3.63, 3.8) is 0 Å². The molecule has 2 N–H and O–H groups in total. The van der Waals surface area contributed by atoms with E-state index in [0.717, 1.165) is 22.4 Å². The topological polar surface area (TPSA) is 50.1 Å². The van der Waals surface area contributed by atoms with Crippen molar-refractivity contribution < 1.29 is 5.11 Å². The fourth-order valence-corrected chi connectivity index (χ4v) is 2.07. The van der Waals surface area contributed by atoms with Crippen LogP contribution in [-0.4, -0.2) is 34.1 Å². The zero-order valence-corrected chi connectivity index (χ0v) is 9.45. The van der Waals surface area contributed by atoms with Gasteiger partial charge < -0.3 is 10.4 Å². The van der Waals surface area contributed by atoms with E-state index in [2.05, 4.69) is 26.3 Å². The van der Waals surface area contributed by atoms with E-state index in [9.17, 15) is 5.11 Å². The second kappa shape index (κ2) is 3.84. The highest BCUT2D eigenvalue weighted by Gasteiger charge is 2.14. The molecule has 1 unspecified atom stereocenters. The molecule has 0 aromatic carbocycles. The minimum Gasteiger partial charge on any atom is -0.388 e. The molecule has 1 aromatic rings. The third kappa shape index (κ3) is 1.89. The summed E-state index contributed by atoms with van der Waals surface area (Å²) in [5.74, 6) is 0. The Kier molecular flexibility index (Phi) is 2.71. The van der Waals surface area contributed by atoms with Gasteiger partial charge in [0.1, 0.15) is 4.60 Å². The zero-order chi connectivity index (χ0) is 10.1. The van der Waals surface area contributed by atoms with Crippen molar-refractivity contribution in [1.29, 1.82) is 0 Å². The van der Waals surface area contributed by atoms with E-state index in [1.165, 1.54) is 0 Å². The number of nitrogens with zero attached hydrogens (tertiary/aromatic N) is 2. The van der Waals surface area contributed by atoms with E-state index in [0.29, 0.717) is 6.54 Å². The van der Waals surface area contributed by atoms with Crippen molar-refractivity contribution in [3.05, 3.63) is 22.4 Å². The zero-order valence-electron chi connectivity index (χ0n) is 7.87. The average Bonchev–Trinajstić information content (AvgIpc) is 2.45. The van der Waals surface area contributed by atoms with Gasteiger partial charge in [-0.15, -0.1) is 0 Å². The van der Waals surface area contributed by atoms with Crippen LogP contribution < -0.4 is 5.32 Å². The summed E-state index contributed by atoms with van der Waals surface area (Å²) in [7, 11) is 1.89. The smallest absolute Gasteiger partial charge is 0.128 e. The molecule has 0 spiro atoms. The Balaban J connectivity index is 2.34. The number of halogens is 1. The highest BCUT2D eigenvalue weighted by molar-refractivity contribution is 9.10. The monoisotopic (exact) mass is 257 g/mol. The van der Waals surface area contributed by atoms with Crippen LogP contribution in [0.4, 0.5) is 0 Å². The molecule has 14 heavy (non-hydrogen) atoms. The molecule has 2 heterocycles. The van der Waals surface area contributed by atoms with Gasteiger partial charge in [-0.2, -0.15) is 5.10 Å². The predicted molar refractivity (Wildman–Crippen MR) is 57.8 cm³/mol. The highest BCUT2D eigenvalue weighted by atomic mass is 79.9. The lowest BCUT2D eigenvalue weighted by atomic mass is 10.1. The van der Waals surface area contributed by atoms with Crippen molar-refractivity contribution in [2.24, 2.45) is 7.05 Å². The second-order valence-electron chi connectivity index (χ2n) is 3.37. The lowest BCUT2D eigenvalue weighted by Gasteiger charge is -2.18. The molecule has 1 aliphatic rings. The summed E-state index contributed by atoms with van der Waals surface area (Å²) >= 11 is 3.32. The summed E-state index contributed by atoms with van der Waals surface area (Å²) in [6.07, 6.45) is 1.48. The lowest BCUT2D eigenvalue weighted by molar-refractivity contribution is 0.217. The molecule has 0 radical (unpaired) electrons. The molecule has 2 rings (SSSR count). The molecular weight excluding hydrogens is 246 g/mol. The molecule has 76 valence electrons. The summed E-state index contributed by atoms with van der Waals surface area (Å²) in [6.45, 7) is 1.41. The predicted octanol–water partition coefficient (Wildman–Crippen LogP) is 0.530. The molecule has 0 bridgehead atoms. The standard InChI is InChI=1S/C9H12BrN3O/c1-13-8(3-9(10)12-13)6-2-7(14)5-11-4-6/h2-3,7,11,14H,4-5H2,1H3. The SMILES string of the molecule is Cn1nc(Br)cc1C1=CC(O)CNC1. The Morgan fingerprint density at radius 3 is 3.07 bits per heavy atom. The van der Waals surface area contributed by atoms with E-state index in [1.54, 1.807) is 4.68 Å². The number of hydrogen-bond donors (Lipinski definition) is 2. The van der Waals surface area contributed by atoms with Crippen LogP contribution >= 0.6 is 15.9 Å². The summed E-state index contributed by atoms with van der Waals surface area (Å²) in [6, 6.07) is 1.95. The highest BCUT2D eigenvalue weighted by Crippen LogP contribution is 2.19. The van der Waals surface area contributed by atoms with E-state index in [4.69, 9.17) is 0 Å². The van der Waals surface area contributed by atoms with Crippen molar-refractivity contribution in [1.82, 2.24) is 15.1 Å². The Bertz CT molecular complexity index is 372. The number of hydrogen-bond acceptors (Lipinski definition) is 3. The molecule has 0 fully saturated rings. The molecule has 0 amide bonds. The molecule has 1 aromatic heterocycles. The second-order valence-corrected chi connectivity index (χ2v) is 4.18. The van der Waals surface area contributed by atoms with E-state index in [1.807, 2.05) is 19.2 Å². The van der Waals surface area contributed by atoms with Gasteiger partial charge in [-0.05, 0) is 33.6 Å². The first kappa shape index (κ1) is 9.89. The maximum atomic E-state index is 9.46. The van der Waals surface area contributed by atoms with Crippen LogP contribution in [0.1, 0.15) is 5.69 Å². The fraction of sp³-hybridized carbons (Fsp3) is 0.444. The fourth-order valence-electron chi connectivity index (χ4n) is 1.61. The van der Waals surface area contributed by atoms with E-state index >= 15 is 0 Å². The van der Waals surface area contributed by atoms with Crippen LogP contribution in [-0.2, 0) is 7.05 Å². The van der Waals surface area contributed by atoms with Gasteiger partial charge in [0.15, 0.2) is 0 Å². The number of nitrogens with one attached hydrogen (secondary N) is 1. The molecule has 0 aliphatic carbocycles. The van der Waals surface area contributed by atoms with Crippen LogP contribution in [0.5, 0.6) is 0 Å². The van der Waals surface area contributed by atoms with Crippen LogP contribution in [0.25, 0.3) is 5.57 Å². The van der Waals surface area contributed by atoms with Crippen LogP contribution in [0.3, 0.4) is 0 Å². The normalized spacial score (nSPS) is 22.2. The first-order chi connectivity index (χ1) is 6.66. The van der Waals surface area contributed by atoms with Gasteiger partial charge in [0, 0.05) is 20.1 Å². The van der Waals surface area contributed by atoms with Gasteiger partial charge in [0.25, 0.3) is 0 Å². The van der Waals surface area contributed by atoms with E-state index in [-0.39, 0.29) is 0 Å². The van der Waals surface area contributed by atoms with Gasteiger partial charge in [0.2, 0.25) is 0 Å². The molecule has 1 aliphatic heterocycles.